The number of hydrogen-bond acceptors (Lipinski definition) is 5. The molecule has 2 heterocycles. The highest BCUT2D eigenvalue weighted by Crippen LogP contribution is 2.32. The van der Waals surface area contributed by atoms with Crippen LogP contribution in [0.4, 0.5) is 17.2 Å². The van der Waals surface area contributed by atoms with Crippen LogP contribution in [0.15, 0.2) is 60.7 Å². The summed E-state index contributed by atoms with van der Waals surface area (Å²) >= 11 is 1.66. The fourth-order valence-electron chi connectivity index (χ4n) is 2.83. The van der Waals surface area contributed by atoms with Crippen molar-refractivity contribution < 1.29 is 4.79 Å². The number of hydrogen-bond donors (Lipinski definition) is 2. The summed E-state index contributed by atoms with van der Waals surface area (Å²) in [7, 11) is 0. The van der Waals surface area contributed by atoms with E-state index in [2.05, 4.69) is 23.6 Å². The first-order valence-corrected chi connectivity index (χ1v) is 9.38. The van der Waals surface area contributed by atoms with Crippen molar-refractivity contribution in [1.82, 2.24) is 9.97 Å². The number of nitrogens with one attached hydrogen (secondary N) is 2. The number of anilines is 3. The van der Waals surface area contributed by atoms with Gasteiger partial charge in [-0.2, -0.15) is 0 Å². The molecule has 0 aliphatic carbocycles. The molecule has 0 atom stereocenters. The van der Waals surface area contributed by atoms with Crippen molar-refractivity contribution >= 4 is 44.7 Å². The molecule has 134 valence electrons. The molecule has 0 unspecified atom stereocenters. The molecule has 2 N–H and O–H groups in total. The lowest BCUT2D eigenvalue weighted by Crippen LogP contribution is -2.05. The van der Waals surface area contributed by atoms with Crippen molar-refractivity contribution in [2.75, 3.05) is 10.6 Å². The number of carbonyl (C=O) groups excluding carboxylic acids is 1. The average Bonchev–Trinajstić information content (AvgIpc) is 3.04. The van der Waals surface area contributed by atoms with E-state index in [9.17, 15) is 4.79 Å². The summed E-state index contributed by atoms with van der Waals surface area (Å²) in [5, 5.41) is 7.17. The van der Waals surface area contributed by atoms with Crippen LogP contribution in [-0.2, 0) is 4.79 Å². The van der Waals surface area contributed by atoms with Gasteiger partial charge in [-0.25, -0.2) is 9.97 Å². The lowest BCUT2D eigenvalue weighted by molar-refractivity contribution is -0.114. The standard InChI is InChI=1S/C21H18N4OS/c1-13-12-18-20(23-17-10-8-16(9-11-17)22-14(2)26)24-19(25-21(18)27-13)15-6-4-3-5-7-15/h3-12H,1-2H3,(H,22,26)(H,23,24,25). The van der Waals surface area contributed by atoms with Crippen molar-refractivity contribution in [2.45, 2.75) is 13.8 Å². The van der Waals surface area contributed by atoms with E-state index >= 15 is 0 Å². The quantitative estimate of drug-likeness (QED) is 0.504. The zero-order chi connectivity index (χ0) is 18.8. The Hall–Kier alpha value is -3.25. The number of aromatic nitrogens is 2. The molecule has 0 fully saturated rings. The van der Waals surface area contributed by atoms with Crippen LogP contribution in [0, 0.1) is 6.92 Å². The van der Waals surface area contributed by atoms with E-state index in [1.54, 1.807) is 11.3 Å². The Bertz CT molecular complexity index is 1100. The zero-order valence-corrected chi connectivity index (χ0v) is 15.8. The molecule has 0 radical (unpaired) electrons. The number of aryl methyl sites for hydroxylation is 1. The molecule has 27 heavy (non-hydrogen) atoms. The van der Waals surface area contributed by atoms with E-state index in [0.717, 1.165) is 33.0 Å². The Morgan fingerprint density at radius 2 is 1.67 bits per heavy atom. The van der Waals surface area contributed by atoms with E-state index in [1.807, 2.05) is 54.6 Å². The number of fused-ring (bicyclic) bond motifs is 1. The van der Waals surface area contributed by atoms with Gasteiger partial charge >= 0.3 is 0 Å². The third-order valence-electron chi connectivity index (χ3n) is 4.02. The zero-order valence-electron chi connectivity index (χ0n) is 15.0. The molecule has 0 bridgehead atoms. The van der Waals surface area contributed by atoms with Gasteiger partial charge in [0.25, 0.3) is 0 Å². The second-order valence-electron chi connectivity index (χ2n) is 6.22. The highest BCUT2D eigenvalue weighted by atomic mass is 32.1. The summed E-state index contributed by atoms with van der Waals surface area (Å²) in [6, 6.07) is 19.6. The highest BCUT2D eigenvalue weighted by molar-refractivity contribution is 7.18. The summed E-state index contributed by atoms with van der Waals surface area (Å²) in [6.07, 6.45) is 0. The van der Waals surface area contributed by atoms with Crippen LogP contribution < -0.4 is 10.6 Å². The van der Waals surface area contributed by atoms with E-state index in [4.69, 9.17) is 9.97 Å². The second kappa shape index (κ2) is 7.17. The largest absolute Gasteiger partial charge is 0.340 e. The Morgan fingerprint density at radius 1 is 0.963 bits per heavy atom. The number of benzene rings is 2. The highest BCUT2D eigenvalue weighted by Gasteiger charge is 2.12. The van der Waals surface area contributed by atoms with Crippen LogP contribution in [0.1, 0.15) is 11.8 Å². The minimum absolute atomic E-state index is 0.0885. The van der Waals surface area contributed by atoms with Crippen LogP contribution in [0.3, 0.4) is 0 Å². The summed E-state index contributed by atoms with van der Waals surface area (Å²) < 4.78 is 0. The van der Waals surface area contributed by atoms with E-state index < -0.39 is 0 Å². The minimum Gasteiger partial charge on any atom is -0.340 e. The predicted octanol–water partition coefficient (Wildman–Crippen LogP) is 5.37. The molecule has 1 amide bonds. The normalized spacial score (nSPS) is 10.7. The first kappa shape index (κ1) is 17.2. The molecule has 0 aliphatic heterocycles. The number of carbonyl (C=O) groups is 1. The van der Waals surface area contributed by atoms with Crippen LogP contribution in [-0.4, -0.2) is 15.9 Å². The SMILES string of the molecule is CC(=O)Nc1ccc(Nc2nc(-c3ccccc3)nc3sc(C)cc23)cc1. The molecule has 5 nitrogen and oxygen atoms in total. The van der Waals surface area contributed by atoms with Gasteiger partial charge in [-0.05, 0) is 37.3 Å². The van der Waals surface area contributed by atoms with Crippen LogP contribution in [0.5, 0.6) is 0 Å². The smallest absolute Gasteiger partial charge is 0.221 e. The molecular weight excluding hydrogens is 356 g/mol. The topological polar surface area (TPSA) is 66.9 Å². The molecule has 6 heteroatoms. The fraction of sp³-hybridized carbons (Fsp3) is 0.0952. The predicted molar refractivity (Wildman–Crippen MR) is 112 cm³/mol. The lowest BCUT2D eigenvalue weighted by Gasteiger charge is -2.10. The van der Waals surface area contributed by atoms with Crippen molar-refractivity contribution in [1.29, 1.82) is 0 Å². The maximum Gasteiger partial charge on any atom is 0.221 e. The first-order chi connectivity index (χ1) is 13.1. The van der Waals surface area contributed by atoms with Crippen LogP contribution in [0.2, 0.25) is 0 Å². The van der Waals surface area contributed by atoms with Crippen molar-refractivity contribution in [3.8, 4) is 11.4 Å². The Kier molecular flexibility index (Phi) is 4.56. The maximum absolute atomic E-state index is 11.2. The summed E-state index contributed by atoms with van der Waals surface area (Å²) in [4.78, 5) is 22.8. The van der Waals surface area contributed by atoms with Gasteiger partial charge in [0.2, 0.25) is 5.91 Å². The molecule has 2 aromatic heterocycles. The van der Waals surface area contributed by atoms with Gasteiger partial charge in [-0.15, -0.1) is 11.3 Å². The number of nitrogens with zero attached hydrogens (tertiary/aromatic N) is 2. The summed E-state index contributed by atoms with van der Waals surface area (Å²) in [5.74, 6) is 1.38. The molecular formula is C21H18N4OS. The van der Waals surface area contributed by atoms with Crippen molar-refractivity contribution in [3.05, 3.63) is 65.5 Å². The Morgan fingerprint density at radius 3 is 2.37 bits per heavy atom. The molecule has 4 aromatic rings. The van der Waals surface area contributed by atoms with E-state index in [1.165, 1.54) is 11.8 Å². The van der Waals surface area contributed by atoms with Crippen LogP contribution in [0.25, 0.3) is 21.6 Å². The third-order valence-corrected chi connectivity index (χ3v) is 4.96. The monoisotopic (exact) mass is 374 g/mol. The second-order valence-corrected chi connectivity index (χ2v) is 7.46. The molecule has 0 spiro atoms. The van der Waals surface area contributed by atoms with Gasteiger partial charge in [-0.3, -0.25) is 4.79 Å². The molecule has 0 aliphatic rings. The van der Waals surface area contributed by atoms with Gasteiger partial charge in [-0.1, -0.05) is 30.3 Å². The first-order valence-electron chi connectivity index (χ1n) is 8.57. The minimum atomic E-state index is -0.0885. The maximum atomic E-state index is 11.2. The van der Waals surface area contributed by atoms with Gasteiger partial charge in [0.15, 0.2) is 5.82 Å². The van der Waals surface area contributed by atoms with Crippen molar-refractivity contribution in [3.63, 3.8) is 0 Å². The van der Waals surface area contributed by atoms with Gasteiger partial charge in [0.1, 0.15) is 10.6 Å². The number of thiophene rings is 1. The molecule has 4 rings (SSSR count). The van der Waals surface area contributed by atoms with E-state index in [0.29, 0.717) is 5.82 Å². The van der Waals surface area contributed by atoms with E-state index in [-0.39, 0.29) is 5.91 Å². The Labute approximate surface area is 161 Å². The Balaban J connectivity index is 1.73. The molecule has 0 saturated heterocycles. The third kappa shape index (κ3) is 3.80. The number of amides is 1. The fourth-order valence-corrected chi connectivity index (χ4v) is 3.71. The average molecular weight is 374 g/mol. The van der Waals surface area contributed by atoms with Crippen LogP contribution >= 0.6 is 11.3 Å². The summed E-state index contributed by atoms with van der Waals surface area (Å²) in [6.45, 7) is 3.56. The van der Waals surface area contributed by atoms with Gasteiger partial charge in [0, 0.05) is 28.7 Å². The van der Waals surface area contributed by atoms with Gasteiger partial charge in [0.05, 0.1) is 5.39 Å². The number of rotatable bonds is 4. The van der Waals surface area contributed by atoms with Gasteiger partial charge < -0.3 is 10.6 Å². The van der Waals surface area contributed by atoms with Crippen molar-refractivity contribution in [2.24, 2.45) is 0 Å². The molecule has 2 aromatic carbocycles. The summed E-state index contributed by atoms with van der Waals surface area (Å²) in [5.41, 5.74) is 2.64. The lowest BCUT2D eigenvalue weighted by atomic mass is 10.2. The molecule has 0 saturated carbocycles.